The zero-order valence-electron chi connectivity index (χ0n) is 17.3. The number of hydrogen-bond acceptors (Lipinski definition) is 2. The topological polar surface area (TPSA) is 26.3 Å². The van der Waals surface area contributed by atoms with E-state index in [4.69, 9.17) is 4.74 Å². The van der Waals surface area contributed by atoms with Crippen LogP contribution >= 0.6 is 0 Å². The Morgan fingerprint density at radius 2 is 1.42 bits per heavy atom. The predicted octanol–water partition coefficient (Wildman–Crippen LogP) is 6.61. The molecule has 0 saturated carbocycles. The zero-order chi connectivity index (χ0) is 21.2. The van der Waals surface area contributed by atoms with Gasteiger partial charge in [-0.15, -0.1) is 0 Å². The van der Waals surface area contributed by atoms with E-state index in [1.54, 1.807) is 7.11 Å². The molecule has 31 heavy (non-hydrogen) atoms. The maximum absolute atomic E-state index is 13.6. The molecule has 0 aliphatic heterocycles. The number of carbonyl (C=O) groups excluding carboxylic acids is 1. The van der Waals surface area contributed by atoms with Crippen LogP contribution in [-0.4, -0.2) is 12.9 Å². The normalized spacial score (nSPS) is 14.6. The Morgan fingerprint density at radius 1 is 0.742 bits per heavy atom. The monoisotopic (exact) mass is 402 g/mol. The average Bonchev–Trinajstić information content (AvgIpc) is 3.24. The summed E-state index contributed by atoms with van der Waals surface area (Å²) in [4.78, 5) is 13.6. The second-order valence-corrected chi connectivity index (χ2v) is 7.68. The number of methoxy groups -OCH3 is 1. The van der Waals surface area contributed by atoms with E-state index in [1.165, 1.54) is 16.7 Å². The third kappa shape index (κ3) is 3.47. The maximum atomic E-state index is 13.6. The summed E-state index contributed by atoms with van der Waals surface area (Å²) in [6, 6.07) is 34.1. The van der Waals surface area contributed by atoms with Gasteiger partial charge in [-0.05, 0) is 46.0 Å². The van der Waals surface area contributed by atoms with E-state index < -0.39 is 0 Å². The highest BCUT2D eigenvalue weighted by Crippen LogP contribution is 2.47. The van der Waals surface area contributed by atoms with Gasteiger partial charge in [0.25, 0.3) is 0 Å². The molecule has 0 aromatic heterocycles. The Labute approximate surface area is 182 Å². The van der Waals surface area contributed by atoms with E-state index >= 15 is 0 Å². The van der Waals surface area contributed by atoms with Gasteiger partial charge in [-0.25, -0.2) is 0 Å². The molecule has 1 aliphatic carbocycles. The number of ketones is 1. The smallest absolute Gasteiger partial charge is 0.193 e. The molecule has 0 spiro atoms. The molecule has 0 heterocycles. The Balaban J connectivity index is 1.71. The lowest BCUT2D eigenvalue weighted by atomic mass is 9.81. The minimum atomic E-state index is -0.0211. The van der Waals surface area contributed by atoms with Gasteiger partial charge in [0.2, 0.25) is 0 Å². The van der Waals surface area contributed by atoms with Crippen molar-refractivity contribution in [3.63, 3.8) is 0 Å². The van der Waals surface area contributed by atoms with Crippen molar-refractivity contribution in [1.29, 1.82) is 0 Å². The first kappa shape index (κ1) is 19.1. The molecule has 0 N–H and O–H groups in total. The van der Waals surface area contributed by atoms with Crippen LogP contribution in [0.25, 0.3) is 11.6 Å². The minimum absolute atomic E-state index is 0.00583. The molecular weight excluding hydrogens is 380 g/mol. The van der Waals surface area contributed by atoms with Crippen LogP contribution in [0.4, 0.5) is 0 Å². The lowest BCUT2D eigenvalue weighted by Crippen LogP contribution is -2.11. The summed E-state index contributed by atoms with van der Waals surface area (Å²) in [7, 11) is 1.63. The Kier molecular flexibility index (Phi) is 4.97. The second kappa shape index (κ2) is 8.08. The molecule has 5 rings (SSSR count). The second-order valence-electron chi connectivity index (χ2n) is 7.68. The molecule has 0 amide bonds. The van der Waals surface area contributed by atoms with Crippen molar-refractivity contribution in [1.82, 2.24) is 0 Å². The first-order chi connectivity index (χ1) is 15.3. The van der Waals surface area contributed by atoms with E-state index in [0.717, 1.165) is 11.1 Å². The first-order valence-corrected chi connectivity index (χ1v) is 10.4. The summed E-state index contributed by atoms with van der Waals surface area (Å²) >= 11 is 0. The van der Waals surface area contributed by atoms with E-state index in [9.17, 15) is 4.79 Å². The van der Waals surface area contributed by atoms with Gasteiger partial charge >= 0.3 is 0 Å². The molecule has 1 aliphatic rings. The van der Waals surface area contributed by atoms with Crippen molar-refractivity contribution < 1.29 is 9.53 Å². The van der Waals surface area contributed by atoms with Crippen LogP contribution in [0.3, 0.4) is 0 Å². The van der Waals surface area contributed by atoms with Crippen LogP contribution in [0.2, 0.25) is 0 Å². The summed E-state index contributed by atoms with van der Waals surface area (Å²) in [5, 5.41) is 0. The van der Waals surface area contributed by atoms with Crippen molar-refractivity contribution in [2.45, 2.75) is 5.92 Å². The number of fused-ring (bicyclic) bond motifs is 1. The average molecular weight is 402 g/mol. The van der Waals surface area contributed by atoms with Gasteiger partial charge in [0, 0.05) is 17.0 Å². The number of carbonyl (C=O) groups is 1. The molecule has 0 saturated heterocycles. The Hall–Kier alpha value is -3.91. The SMILES string of the molecule is COc1ccc(C2C(c3ccccc3)=Cc3ccccc32)c(C(=O)c2ccccc2)c1. The highest BCUT2D eigenvalue weighted by molar-refractivity contribution is 6.11. The predicted molar refractivity (Wildman–Crippen MR) is 125 cm³/mol. The van der Waals surface area contributed by atoms with Gasteiger partial charge in [-0.3, -0.25) is 4.79 Å². The summed E-state index contributed by atoms with van der Waals surface area (Å²) in [5.41, 5.74) is 7.12. The van der Waals surface area contributed by atoms with Crippen molar-refractivity contribution in [3.05, 3.63) is 137 Å². The van der Waals surface area contributed by atoms with E-state index in [-0.39, 0.29) is 11.7 Å². The van der Waals surface area contributed by atoms with Crippen molar-refractivity contribution in [2.24, 2.45) is 0 Å². The van der Waals surface area contributed by atoms with Gasteiger partial charge in [0.15, 0.2) is 5.78 Å². The van der Waals surface area contributed by atoms with Crippen molar-refractivity contribution in [3.8, 4) is 5.75 Å². The molecule has 0 bridgehead atoms. The molecule has 4 aromatic carbocycles. The Bertz CT molecular complexity index is 1270. The molecule has 0 fully saturated rings. The van der Waals surface area contributed by atoms with Crippen LogP contribution in [0.1, 0.15) is 44.1 Å². The summed E-state index contributed by atoms with van der Waals surface area (Å²) in [6.07, 6.45) is 2.25. The molecule has 4 aromatic rings. The van der Waals surface area contributed by atoms with Crippen molar-refractivity contribution >= 4 is 17.4 Å². The molecule has 150 valence electrons. The number of hydrogen-bond donors (Lipinski definition) is 0. The summed E-state index contributed by atoms with van der Waals surface area (Å²) in [5.74, 6) is 0.665. The zero-order valence-corrected chi connectivity index (χ0v) is 17.3. The quantitative estimate of drug-likeness (QED) is 0.351. The number of benzene rings is 4. The van der Waals surface area contributed by atoms with Crippen LogP contribution in [0.15, 0.2) is 103 Å². The van der Waals surface area contributed by atoms with Gasteiger partial charge in [0.1, 0.15) is 5.75 Å². The van der Waals surface area contributed by atoms with Crippen molar-refractivity contribution in [2.75, 3.05) is 7.11 Å². The van der Waals surface area contributed by atoms with E-state index in [0.29, 0.717) is 16.9 Å². The minimum Gasteiger partial charge on any atom is -0.497 e. The van der Waals surface area contributed by atoms with Crippen LogP contribution < -0.4 is 4.74 Å². The first-order valence-electron chi connectivity index (χ1n) is 10.4. The third-order valence-corrected chi connectivity index (χ3v) is 5.89. The van der Waals surface area contributed by atoms with Crippen LogP contribution in [-0.2, 0) is 0 Å². The van der Waals surface area contributed by atoms with Gasteiger partial charge < -0.3 is 4.74 Å². The largest absolute Gasteiger partial charge is 0.497 e. The standard InChI is InChI=1S/C29H22O2/c1-31-23-16-17-25(27(19-23)29(30)21-12-6-3-7-13-21)28-24-15-9-8-14-22(24)18-26(28)20-10-4-2-5-11-20/h2-19,28H,1H3. The summed E-state index contributed by atoms with van der Waals surface area (Å²) in [6.45, 7) is 0. The van der Waals surface area contributed by atoms with Crippen LogP contribution in [0.5, 0.6) is 5.75 Å². The highest BCUT2D eigenvalue weighted by atomic mass is 16.5. The number of allylic oxidation sites excluding steroid dienone is 1. The molecule has 2 heteroatoms. The fraction of sp³-hybridized carbons (Fsp3) is 0.0690. The number of ether oxygens (including phenoxy) is 1. The van der Waals surface area contributed by atoms with Gasteiger partial charge in [0.05, 0.1) is 7.11 Å². The van der Waals surface area contributed by atoms with Gasteiger partial charge in [-0.1, -0.05) is 91.0 Å². The molecule has 0 radical (unpaired) electrons. The van der Waals surface area contributed by atoms with Gasteiger partial charge in [-0.2, -0.15) is 0 Å². The fourth-order valence-electron chi connectivity index (χ4n) is 4.40. The highest BCUT2D eigenvalue weighted by Gasteiger charge is 2.31. The molecule has 2 nitrogen and oxygen atoms in total. The maximum Gasteiger partial charge on any atom is 0.193 e. The lowest BCUT2D eigenvalue weighted by Gasteiger charge is -2.21. The van der Waals surface area contributed by atoms with E-state index in [1.807, 2.05) is 54.6 Å². The molecule has 1 atom stereocenters. The number of rotatable bonds is 5. The third-order valence-electron chi connectivity index (χ3n) is 5.89. The lowest BCUT2D eigenvalue weighted by molar-refractivity contribution is 0.103. The molecular formula is C29H22O2. The van der Waals surface area contributed by atoms with E-state index in [2.05, 4.69) is 54.6 Å². The summed E-state index contributed by atoms with van der Waals surface area (Å²) < 4.78 is 5.47. The fourth-order valence-corrected chi connectivity index (χ4v) is 4.40. The Morgan fingerprint density at radius 3 is 2.16 bits per heavy atom. The van der Waals surface area contributed by atoms with Crippen LogP contribution in [0, 0.1) is 0 Å². The molecule has 1 unspecified atom stereocenters.